The Labute approximate surface area is 287 Å². The number of methoxy groups -OCH3 is 1. The van der Waals surface area contributed by atoms with E-state index in [0.717, 1.165) is 35.2 Å². The molecule has 10 heteroatoms. The third-order valence-electron chi connectivity index (χ3n) is 9.86. The van der Waals surface area contributed by atoms with Crippen LogP contribution in [-0.4, -0.2) is 102 Å². The van der Waals surface area contributed by atoms with E-state index in [2.05, 4.69) is 11.0 Å². The standard InChI is InChI=1S/C37H42Cl2N4O4/c1-24-15-25(2)17-28(16-24)36(45)41-13-14-42(33(23-41)27-9-10-31(38)32(39)19-27)35(44)11-12-40-21-30-20-29(40)22-43(30)37(46)34(47-3)18-26-7-5-4-6-8-26/h4-10,15-17,19,29-30,33-34H,11-14,18,20-23H2,1-3H3/t29-,30-,33-,34-/m0/s1. The zero-order valence-corrected chi connectivity index (χ0v) is 28.7. The summed E-state index contributed by atoms with van der Waals surface area (Å²) in [7, 11) is 1.60. The summed E-state index contributed by atoms with van der Waals surface area (Å²) in [6.07, 6.45) is 1.30. The predicted molar refractivity (Wildman–Crippen MR) is 184 cm³/mol. The maximum absolute atomic E-state index is 13.9. The first kappa shape index (κ1) is 33.5. The molecule has 3 aromatic rings. The zero-order valence-electron chi connectivity index (χ0n) is 27.2. The molecule has 47 heavy (non-hydrogen) atoms. The van der Waals surface area contributed by atoms with Gasteiger partial charge >= 0.3 is 0 Å². The maximum Gasteiger partial charge on any atom is 0.254 e. The van der Waals surface area contributed by atoms with Crippen LogP contribution in [0.2, 0.25) is 10.0 Å². The number of halogens is 2. The van der Waals surface area contributed by atoms with Gasteiger partial charge in [0, 0.05) is 76.9 Å². The van der Waals surface area contributed by atoms with Crippen molar-refractivity contribution >= 4 is 40.9 Å². The molecule has 0 unspecified atom stereocenters. The van der Waals surface area contributed by atoms with Gasteiger partial charge in [-0.15, -0.1) is 0 Å². The van der Waals surface area contributed by atoms with Crippen LogP contribution < -0.4 is 0 Å². The highest BCUT2D eigenvalue weighted by Crippen LogP contribution is 2.34. The molecular formula is C37H42Cl2N4O4. The summed E-state index contributed by atoms with van der Waals surface area (Å²) < 4.78 is 5.63. The van der Waals surface area contributed by atoms with E-state index in [1.54, 1.807) is 19.2 Å². The lowest BCUT2D eigenvalue weighted by molar-refractivity contribution is -0.144. The maximum atomic E-state index is 13.9. The van der Waals surface area contributed by atoms with Crippen molar-refractivity contribution in [1.29, 1.82) is 0 Å². The molecule has 0 aromatic heterocycles. The lowest BCUT2D eigenvalue weighted by Gasteiger charge is -2.42. The highest BCUT2D eigenvalue weighted by molar-refractivity contribution is 6.42. The number of fused-ring (bicyclic) bond motifs is 2. The number of ether oxygens (including phenoxy) is 1. The Bertz CT molecular complexity index is 1620. The summed E-state index contributed by atoms with van der Waals surface area (Å²) in [5.74, 6) is 0.0375. The molecule has 2 bridgehead atoms. The van der Waals surface area contributed by atoms with E-state index in [9.17, 15) is 14.4 Å². The van der Waals surface area contributed by atoms with E-state index in [1.165, 1.54) is 0 Å². The molecule has 3 aliphatic heterocycles. The lowest BCUT2D eigenvalue weighted by Crippen LogP contribution is -2.54. The van der Waals surface area contributed by atoms with Gasteiger partial charge in [-0.1, -0.05) is 76.8 Å². The Morgan fingerprint density at radius 2 is 1.60 bits per heavy atom. The number of amides is 3. The van der Waals surface area contributed by atoms with Crippen molar-refractivity contribution in [2.45, 2.75) is 57.3 Å². The van der Waals surface area contributed by atoms with Crippen molar-refractivity contribution in [3.05, 3.63) is 105 Å². The minimum Gasteiger partial charge on any atom is -0.371 e. The highest BCUT2D eigenvalue weighted by atomic mass is 35.5. The largest absolute Gasteiger partial charge is 0.371 e. The highest BCUT2D eigenvalue weighted by Gasteiger charge is 2.46. The van der Waals surface area contributed by atoms with Crippen LogP contribution in [0.4, 0.5) is 0 Å². The first-order chi connectivity index (χ1) is 22.6. The van der Waals surface area contributed by atoms with Crippen molar-refractivity contribution in [3.63, 3.8) is 0 Å². The molecule has 8 nitrogen and oxygen atoms in total. The fourth-order valence-electron chi connectivity index (χ4n) is 7.51. The third kappa shape index (κ3) is 7.36. The van der Waals surface area contributed by atoms with Gasteiger partial charge < -0.3 is 19.4 Å². The number of likely N-dealkylation sites (tertiary alicyclic amines) is 2. The van der Waals surface area contributed by atoms with Crippen molar-refractivity contribution in [2.24, 2.45) is 0 Å². The van der Waals surface area contributed by atoms with Crippen molar-refractivity contribution in [3.8, 4) is 0 Å². The molecule has 3 aromatic carbocycles. The average Bonchev–Trinajstić information content (AvgIpc) is 3.68. The molecule has 248 valence electrons. The van der Waals surface area contributed by atoms with E-state index < -0.39 is 6.10 Å². The fourth-order valence-corrected chi connectivity index (χ4v) is 7.82. The van der Waals surface area contributed by atoms with Crippen LogP contribution in [0, 0.1) is 13.8 Å². The lowest BCUT2D eigenvalue weighted by atomic mass is 10.00. The molecule has 0 saturated carbocycles. The Kier molecular flexibility index (Phi) is 10.2. The number of hydrogen-bond donors (Lipinski definition) is 0. The summed E-state index contributed by atoms with van der Waals surface area (Å²) in [5.41, 5.74) is 4.66. The third-order valence-corrected chi connectivity index (χ3v) is 10.6. The quantitative estimate of drug-likeness (QED) is 0.296. The number of nitrogens with zero attached hydrogens (tertiary/aromatic N) is 4. The van der Waals surface area contributed by atoms with Crippen LogP contribution in [0.1, 0.15) is 51.5 Å². The number of aryl methyl sites for hydroxylation is 2. The number of carbonyl (C=O) groups excluding carboxylic acids is 3. The molecular weight excluding hydrogens is 635 g/mol. The van der Waals surface area contributed by atoms with Crippen LogP contribution in [0.3, 0.4) is 0 Å². The second-order valence-corrected chi connectivity index (χ2v) is 13.9. The molecule has 0 aliphatic carbocycles. The number of carbonyl (C=O) groups is 3. The van der Waals surface area contributed by atoms with Gasteiger partial charge in [0.1, 0.15) is 6.10 Å². The number of piperazine rings is 2. The van der Waals surface area contributed by atoms with Crippen molar-refractivity contribution in [2.75, 3.05) is 46.4 Å². The normalized spacial score (nSPS) is 21.7. The van der Waals surface area contributed by atoms with Crippen LogP contribution in [0.5, 0.6) is 0 Å². The molecule has 0 spiro atoms. The second kappa shape index (κ2) is 14.4. The van der Waals surface area contributed by atoms with Crippen LogP contribution in [0.15, 0.2) is 66.7 Å². The average molecular weight is 678 g/mol. The molecule has 0 N–H and O–H groups in total. The Balaban J connectivity index is 1.09. The van der Waals surface area contributed by atoms with E-state index in [1.807, 2.05) is 77.1 Å². The summed E-state index contributed by atoms with van der Waals surface area (Å²) in [4.78, 5) is 49.0. The van der Waals surface area contributed by atoms with Gasteiger partial charge in [0.05, 0.1) is 16.1 Å². The van der Waals surface area contributed by atoms with Gasteiger partial charge in [-0.3, -0.25) is 19.3 Å². The van der Waals surface area contributed by atoms with E-state index in [0.29, 0.717) is 61.2 Å². The summed E-state index contributed by atoms with van der Waals surface area (Å²) >= 11 is 12.7. The molecule has 3 amide bonds. The van der Waals surface area contributed by atoms with E-state index in [4.69, 9.17) is 27.9 Å². The van der Waals surface area contributed by atoms with E-state index >= 15 is 0 Å². The summed E-state index contributed by atoms with van der Waals surface area (Å²) in [6, 6.07) is 21.3. The smallest absolute Gasteiger partial charge is 0.254 e. The molecule has 3 heterocycles. The van der Waals surface area contributed by atoms with Gasteiger partial charge in [0.15, 0.2) is 0 Å². The molecule has 3 fully saturated rings. The Hall–Kier alpha value is -3.43. The first-order valence-corrected chi connectivity index (χ1v) is 17.1. The molecule has 6 rings (SSSR count). The fraction of sp³-hybridized carbons (Fsp3) is 0.432. The summed E-state index contributed by atoms with van der Waals surface area (Å²) in [5, 5.41) is 0.863. The van der Waals surface area contributed by atoms with Crippen LogP contribution in [0.25, 0.3) is 0 Å². The second-order valence-electron chi connectivity index (χ2n) is 13.1. The van der Waals surface area contributed by atoms with Crippen molar-refractivity contribution < 1.29 is 19.1 Å². The zero-order chi connectivity index (χ0) is 33.2. The Morgan fingerprint density at radius 1 is 0.851 bits per heavy atom. The Morgan fingerprint density at radius 3 is 2.26 bits per heavy atom. The summed E-state index contributed by atoms with van der Waals surface area (Å²) in [6.45, 7) is 7.24. The molecule has 3 aliphatic rings. The van der Waals surface area contributed by atoms with E-state index in [-0.39, 0.29) is 35.8 Å². The van der Waals surface area contributed by atoms with Crippen molar-refractivity contribution in [1.82, 2.24) is 19.6 Å². The molecule has 4 atom stereocenters. The van der Waals surface area contributed by atoms with Gasteiger partial charge in [-0.25, -0.2) is 0 Å². The topological polar surface area (TPSA) is 73.4 Å². The van der Waals surface area contributed by atoms with Crippen LogP contribution in [-0.2, 0) is 20.7 Å². The van der Waals surface area contributed by atoms with Crippen LogP contribution >= 0.6 is 23.2 Å². The SMILES string of the molecule is CO[C@@H](Cc1ccccc1)C(=O)N1C[C@@H]2C[C@H]1CN2CCC(=O)N1CCN(C(=O)c2cc(C)cc(C)c2)C[C@H]1c1ccc(Cl)c(Cl)c1. The monoisotopic (exact) mass is 676 g/mol. The number of rotatable bonds is 9. The molecule has 3 saturated heterocycles. The first-order valence-electron chi connectivity index (χ1n) is 16.3. The van der Waals surface area contributed by atoms with Gasteiger partial charge in [0.2, 0.25) is 5.91 Å². The molecule has 0 radical (unpaired) electrons. The van der Waals surface area contributed by atoms with Gasteiger partial charge in [-0.2, -0.15) is 0 Å². The number of benzene rings is 3. The number of hydrogen-bond acceptors (Lipinski definition) is 5. The predicted octanol–water partition coefficient (Wildman–Crippen LogP) is 5.57. The minimum atomic E-state index is -0.509. The van der Waals surface area contributed by atoms with Gasteiger partial charge in [-0.05, 0) is 55.7 Å². The minimum absolute atomic E-state index is 0.0392. The van der Waals surface area contributed by atoms with Gasteiger partial charge in [0.25, 0.3) is 11.8 Å².